The smallest absolute Gasteiger partial charge is 0.173 e. The Morgan fingerprint density at radius 2 is 2.40 bits per heavy atom. The van der Waals surface area contributed by atoms with E-state index in [9.17, 15) is 5.21 Å². The van der Waals surface area contributed by atoms with Gasteiger partial charge in [-0.1, -0.05) is 29.8 Å². The van der Waals surface area contributed by atoms with Crippen LogP contribution in [0.25, 0.3) is 0 Å². The minimum Gasteiger partial charge on any atom is -0.624 e. The van der Waals surface area contributed by atoms with Gasteiger partial charge in [0, 0.05) is 11.8 Å². The summed E-state index contributed by atoms with van der Waals surface area (Å²) >= 11 is 3.31. The third-order valence-electron chi connectivity index (χ3n) is 1.78. The molecular formula is C7H12BrNO. The van der Waals surface area contributed by atoms with E-state index in [4.69, 9.17) is 0 Å². The van der Waals surface area contributed by atoms with Crippen LogP contribution in [0.15, 0.2) is 0 Å². The maximum Gasteiger partial charge on any atom is 0.173 e. The third kappa shape index (κ3) is 1.51. The van der Waals surface area contributed by atoms with Crippen molar-refractivity contribution >= 4 is 22.1 Å². The van der Waals surface area contributed by atoms with Gasteiger partial charge in [0.2, 0.25) is 0 Å². The second-order valence-corrected chi connectivity index (χ2v) is 4.14. The first-order valence-corrected chi connectivity index (χ1v) is 4.55. The van der Waals surface area contributed by atoms with Crippen molar-refractivity contribution in [1.82, 2.24) is 0 Å². The number of alkyl halides is 1. The lowest BCUT2D eigenvalue weighted by Gasteiger charge is -2.09. The van der Waals surface area contributed by atoms with Crippen LogP contribution in [0.2, 0.25) is 0 Å². The fourth-order valence-electron chi connectivity index (χ4n) is 1.32. The van der Waals surface area contributed by atoms with Crippen LogP contribution in [0.5, 0.6) is 0 Å². The second kappa shape index (κ2) is 2.53. The number of hydroxylamine groups is 1. The van der Waals surface area contributed by atoms with E-state index in [1.165, 1.54) is 0 Å². The Morgan fingerprint density at radius 1 is 1.80 bits per heavy atom. The molecule has 0 aromatic heterocycles. The van der Waals surface area contributed by atoms with E-state index in [2.05, 4.69) is 29.8 Å². The zero-order chi connectivity index (χ0) is 7.78. The number of halogens is 1. The summed E-state index contributed by atoms with van der Waals surface area (Å²) in [6.45, 7) is 4.17. The number of rotatable bonds is 1. The highest BCUT2D eigenvalue weighted by molar-refractivity contribution is 9.09. The SMILES string of the molecule is CC1(C)C=[N+]([O-])C(CBr)C1. The van der Waals surface area contributed by atoms with Crippen molar-refractivity contribution in [2.24, 2.45) is 5.41 Å². The summed E-state index contributed by atoms with van der Waals surface area (Å²) < 4.78 is 1.06. The molecule has 3 heteroatoms. The third-order valence-corrected chi connectivity index (χ3v) is 2.52. The van der Waals surface area contributed by atoms with Crippen LogP contribution in [0.1, 0.15) is 20.3 Å². The normalized spacial score (nSPS) is 30.3. The van der Waals surface area contributed by atoms with Gasteiger partial charge >= 0.3 is 0 Å². The summed E-state index contributed by atoms with van der Waals surface area (Å²) in [6, 6.07) is 0.148. The number of nitrogens with zero attached hydrogens (tertiary/aromatic N) is 1. The van der Waals surface area contributed by atoms with Crippen LogP contribution >= 0.6 is 15.9 Å². The van der Waals surface area contributed by atoms with E-state index >= 15 is 0 Å². The topological polar surface area (TPSA) is 26.1 Å². The molecule has 1 rings (SSSR count). The van der Waals surface area contributed by atoms with Gasteiger partial charge in [0.15, 0.2) is 12.3 Å². The molecule has 1 atom stereocenters. The minimum atomic E-state index is 0.0974. The molecule has 1 aliphatic heterocycles. The Hall–Kier alpha value is -0.0500. The molecule has 0 bridgehead atoms. The van der Waals surface area contributed by atoms with Crippen LogP contribution in [0.4, 0.5) is 0 Å². The fraction of sp³-hybridized carbons (Fsp3) is 0.857. The Balaban J connectivity index is 2.68. The maximum atomic E-state index is 11.1. The molecule has 2 nitrogen and oxygen atoms in total. The Morgan fingerprint density at radius 3 is 2.60 bits per heavy atom. The van der Waals surface area contributed by atoms with Crippen molar-refractivity contribution in [2.75, 3.05) is 5.33 Å². The fourth-order valence-corrected chi connectivity index (χ4v) is 1.84. The average molecular weight is 206 g/mol. The molecule has 10 heavy (non-hydrogen) atoms. The van der Waals surface area contributed by atoms with Crippen LogP contribution in [-0.2, 0) is 0 Å². The first kappa shape index (κ1) is 8.05. The highest BCUT2D eigenvalue weighted by Gasteiger charge is 2.34. The summed E-state index contributed by atoms with van der Waals surface area (Å²) in [5.41, 5.74) is 0.0974. The molecular weight excluding hydrogens is 194 g/mol. The van der Waals surface area contributed by atoms with Gasteiger partial charge in [0.1, 0.15) is 0 Å². The van der Waals surface area contributed by atoms with Crippen molar-refractivity contribution in [3.8, 4) is 0 Å². The molecule has 1 aliphatic rings. The first-order valence-electron chi connectivity index (χ1n) is 3.42. The minimum absolute atomic E-state index is 0.0974. The predicted molar refractivity (Wildman–Crippen MR) is 45.7 cm³/mol. The first-order chi connectivity index (χ1) is 4.55. The predicted octanol–water partition coefficient (Wildman–Crippen LogP) is 1.76. The van der Waals surface area contributed by atoms with Crippen molar-refractivity contribution in [3.05, 3.63) is 5.21 Å². The van der Waals surface area contributed by atoms with Crippen LogP contribution in [-0.4, -0.2) is 22.3 Å². The zero-order valence-electron chi connectivity index (χ0n) is 6.30. The second-order valence-electron chi connectivity index (χ2n) is 3.49. The Labute approximate surface area is 69.6 Å². The molecule has 0 radical (unpaired) electrons. The summed E-state index contributed by atoms with van der Waals surface area (Å²) in [6.07, 6.45) is 2.72. The molecule has 0 N–H and O–H groups in total. The van der Waals surface area contributed by atoms with Gasteiger partial charge in [-0.25, -0.2) is 4.74 Å². The van der Waals surface area contributed by atoms with Gasteiger partial charge in [-0.3, -0.25) is 0 Å². The van der Waals surface area contributed by atoms with Gasteiger partial charge in [-0.05, 0) is 0 Å². The molecule has 0 amide bonds. The van der Waals surface area contributed by atoms with E-state index in [1.54, 1.807) is 6.21 Å². The highest BCUT2D eigenvalue weighted by atomic mass is 79.9. The lowest BCUT2D eigenvalue weighted by molar-refractivity contribution is -0.481. The van der Waals surface area contributed by atoms with Gasteiger partial charge in [0.25, 0.3) is 0 Å². The van der Waals surface area contributed by atoms with E-state index in [1.807, 2.05) is 0 Å². The van der Waals surface area contributed by atoms with Gasteiger partial charge < -0.3 is 5.21 Å². The standard InChI is InChI=1S/C7H12BrNO/c1-7(2)3-6(4-8)9(10)5-7/h5-6H,3-4H2,1-2H3. The summed E-state index contributed by atoms with van der Waals surface area (Å²) in [5, 5.41) is 11.8. The van der Waals surface area contributed by atoms with E-state index in [0.29, 0.717) is 0 Å². The van der Waals surface area contributed by atoms with Crippen molar-refractivity contribution in [3.63, 3.8) is 0 Å². The summed E-state index contributed by atoms with van der Waals surface area (Å²) in [5.74, 6) is 0. The monoisotopic (exact) mass is 205 g/mol. The molecule has 0 fully saturated rings. The lowest BCUT2D eigenvalue weighted by atomic mass is 9.91. The van der Waals surface area contributed by atoms with Crippen LogP contribution < -0.4 is 0 Å². The number of hydrogen-bond acceptors (Lipinski definition) is 1. The molecule has 0 aliphatic carbocycles. The van der Waals surface area contributed by atoms with Gasteiger partial charge in [-0.15, -0.1) is 0 Å². The number of hydrogen-bond donors (Lipinski definition) is 0. The maximum absolute atomic E-state index is 11.1. The molecule has 0 saturated heterocycles. The summed E-state index contributed by atoms with van der Waals surface area (Å²) in [4.78, 5) is 0. The Bertz CT molecular complexity index is 165. The molecule has 0 saturated carbocycles. The molecule has 1 unspecified atom stereocenters. The largest absolute Gasteiger partial charge is 0.624 e. The Kier molecular flexibility index (Phi) is 2.04. The highest BCUT2D eigenvalue weighted by Crippen LogP contribution is 2.27. The molecule has 0 aromatic rings. The molecule has 0 aromatic carbocycles. The van der Waals surface area contributed by atoms with Crippen molar-refractivity contribution in [2.45, 2.75) is 26.3 Å². The van der Waals surface area contributed by atoms with Crippen molar-refractivity contribution in [1.29, 1.82) is 0 Å². The van der Waals surface area contributed by atoms with E-state index in [0.717, 1.165) is 16.5 Å². The lowest BCUT2D eigenvalue weighted by Crippen LogP contribution is -2.18. The molecule has 1 heterocycles. The van der Waals surface area contributed by atoms with Gasteiger partial charge in [0.05, 0.1) is 5.33 Å². The quantitative estimate of drug-likeness (QED) is 0.364. The molecule has 0 spiro atoms. The average Bonchev–Trinajstić information content (AvgIpc) is 2.05. The van der Waals surface area contributed by atoms with E-state index < -0.39 is 0 Å². The van der Waals surface area contributed by atoms with Crippen LogP contribution in [0.3, 0.4) is 0 Å². The van der Waals surface area contributed by atoms with E-state index in [-0.39, 0.29) is 11.5 Å². The van der Waals surface area contributed by atoms with Gasteiger partial charge in [-0.2, -0.15) is 0 Å². The van der Waals surface area contributed by atoms with Crippen molar-refractivity contribution < 1.29 is 4.74 Å². The summed E-state index contributed by atoms with van der Waals surface area (Å²) in [7, 11) is 0. The molecule has 58 valence electrons. The van der Waals surface area contributed by atoms with Crippen LogP contribution in [0, 0.1) is 10.6 Å². The zero-order valence-corrected chi connectivity index (χ0v) is 7.89.